The Bertz CT molecular complexity index is 585. The first kappa shape index (κ1) is 16.5. The molecular formula is C17H20N2O2S. The molecule has 0 bridgehead atoms. The first-order valence-corrected chi connectivity index (χ1v) is 8.22. The van der Waals surface area contributed by atoms with Crippen LogP contribution >= 0.6 is 11.8 Å². The summed E-state index contributed by atoms with van der Waals surface area (Å²) in [6.07, 6.45) is 3.78. The Kier molecular flexibility index (Phi) is 6.43. The number of hydrogen-bond donors (Lipinski definition) is 2. The number of nitrogens with zero attached hydrogens (tertiary/aromatic N) is 1. The highest BCUT2D eigenvalue weighted by atomic mass is 32.2. The molecule has 0 aliphatic carbocycles. The summed E-state index contributed by atoms with van der Waals surface area (Å²) in [4.78, 5) is 17.1. The molecule has 0 saturated carbocycles. The van der Waals surface area contributed by atoms with Crippen molar-refractivity contribution in [3.8, 4) is 0 Å². The summed E-state index contributed by atoms with van der Waals surface area (Å²) in [5, 5.41) is 12.0. The van der Waals surface area contributed by atoms with E-state index in [1.54, 1.807) is 24.9 Å². The highest BCUT2D eigenvalue weighted by molar-refractivity contribution is 7.98. The number of hydrogen-bond acceptors (Lipinski definition) is 4. The lowest BCUT2D eigenvalue weighted by Crippen LogP contribution is -2.26. The van der Waals surface area contributed by atoms with Gasteiger partial charge in [0.25, 0.3) is 5.91 Å². The lowest BCUT2D eigenvalue weighted by molar-refractivity contribution is 0.0945. The standard InChI is InChI=1S/C17H20N2O2S/c1-13(20)8-10-19-17(21)15-4-6-16(7-5-15)22-12-14-3-2-9-18-11-14/h2-7,9,11,13,20H,8,10,12H2,1H3,(H,19,21). The van der Waals surface area contributed by atoms with Gasteiger partial charge in [0.2, 0.25) is 0 Å². The van der Waals surface area contributed by atoms with E-state index in [0.29, 0.717) is 18.5 Å². The number of aliphatic hydroxyl groups is 1. The van der Waals surface area contributed by atoms with Gasteiger partial charge in [-0.3, -0.25) is 9.78 Å². The van der Waals surface area contributed by atoms with E-state index in [0.717, 1.165) is 10.6 Å². The van der Waals surface area contributed by atoms with Gasteiger partial charge in [-0.15, -0.1) is 11.8 Å². The average molecular weight is 316 g/mol. The molecule has 1 amide bonds. The van der Waals surface area contributed by atoms with Crippen LogP contribution in [0.2, 0.25) is 0 Å². The van der Waals surface area contributed by atoms with Crippen LogP contribution in [0.3, 0.4) is 0 Å². The summed E-state index contributed by atoms with van der Waals surface area (Å²) in [6.45, 7) is 2.19. The maximum Gasteiger partial charge on any atom is 0.251 e. The molecule has 1 aromatic heterocycles. The van der Waals surface area contributed by atoms with E-state index >= 15 is 0 Å². The van der Waals surface area contributed by atoms with Gasteiger partial charge in [0.15, 0.2) is 0 Å². The third kappa shape index (κ3) is 5.50. The van der Waals surface area contributed by atoms with Crippen molar-refractivity contribution in [3.05, 3.63) is 59.9 Å². The topological polar surface area (TPSA) is 62.2 Å². The molecule has 5 heteroatoms. The second-order valence-electron chi connectivity index (χ2n) is 5.07. The predicted molar refractivity (Wildman–Crippen MR) is 88.9 cm³/mol. The summed E-state index contributed by atoms with van der Waals surface area (Å²) in [7, 11) is 0. The fraction of sp³-hybridized carbons (Fsp3) is 0.294. The zero-order valence-corrected chi connectivity index (χ0v) is 13.3. The second kappa shape index (κ2) is 8.56. The average Bonchev–Trinajstić information content (AvgIpc) is 2.54. The normalized spacial score (nSPS) is 11.9. The van der Waals surface area contributed by atoms with E-state index in [-0.39, 0.29) is 5.91 Å². The molecule has 0 radical (unpaired) electrons. The Balaban J connectivity index is 1.83. The van der Waals surface area contributed by atoms with E-state index < -0.39 is 6.10 Å². The molecule has 0 aliphatic rings. The molecule has 2 rings (SSSR count). The van der Waals surface area contributed by atoms with Crippen molar-refractivity contribution in [1.82, 2.24) is 10.3 Å². The summed E-state index contributed by atoms with van der Waals surface area (Å²) in [5.74, 6) is 0.748. The lowest BCUT2D eigenvalue weighted by atomic mass is 10.2. The van der Waals surface area contributed by atoms with E-state index in [1.807, 2.05) is 42.6 Å². The van der Waals surface area contributed by atoms with Crippen molar-refractivity contribution in [1.29, 1.82) is 0 Å². The molecule has 1 heterocycles. The fourth-order valence-electron chi connectivity index (χ4n) is 1.85. The minimum absolute atomic E-state index is 0.107. The van der Waals surface area contributed by atoms with Gasteiger partial charge in [0, 0.05) is 35.2 Å². The number of aliphatic hydroxyl groups excluding tert-OH is 1. The minimum atomic E-state index is -0.397. The van der Waals surface area contributed by atoms with Crippen LogP contribution in [0.4, 0.5) is 0 Å². The van der Waals surface area contributed by atoms with Crippen molar-refractivity contribution in [2.45, 2.75) is 30.1 Å². The number of amides is 1. The molecule has 1 atom stereocenters. The van der Waals surface area contributed by atoms with Gasteiger partial charge in [0.05, 0.1) is 6.10 Å². The summed E-state index contributed by atoms with van der Waals surface area (Å²) >= 11 is 1.71. The van der Waals surface area contributed by atoms with Gasteiger partial charge >= 0.3 is 0 Å². The molecule has 0 spiro atoms. The minimum Gasteiger partial charge on any atom is -0.393 e. The molecule has 2 N–H and O–H groups in total. The molecule has 4 nitrogen and oxygen atoms in total. The first-order chi connectivity index (χ1) is 10.6. The van der Waals surface area contributed by atoms with Gasteiger partial charge in [-0.1, -0.05) is 6.07 Å². The van der Waals surface area contributed by atoms with Crippen molar-refractivity contribution in [2.24, 2.45) is 0 Å². The van der Waals surface area contributed by atoms with Crippen molar-refractivity contribution >= 4 is 17.7 Å². The largest absolute Gasteiger partial charge is 0.393 e. The van der Waals surface area contributed by atoms with Crippen LogP contribution in [-0.4, -0.2) is 28.6 Å². The molecule has 2 aromatic rings. The Hall–Kier alpha value is -1.85. The molecular weight excluding hydrogens is 296 g/mol. The Morgan fingerprint density at radius 1 is 1.32 bits per heavy atom. The van der Waals surface area contributed by atoms with Gasteiger partial charge in [0.1, 0.15) is 0 Å². The second-order valence-corrected chi connectivity index (χ2v) is 6.12. The van der Waals surface area contributed by atoms with E-state index in [2.05, 4.69) is 10.3 Å². The molecule has 1 unspecified atom stereocenters. The molecule has 0 fully saturated rings. The molecule has 0 aliphatic heterocycles. The third-order valence-corrected chi connectivity index (χ3v) is 4.18. The molecule has 1 aromatic carbocycles. The Morgan fingerprint density at radius 2 is 2.09 bits per heavy atom. The fourth-order valence-corrected chi connectivity index (χ4v) is 2.68. The SMILES string of the molecule is CC(O)CCNC(=O)c1ccc(SCc2cccnc2)cc1. The third-order valence-electron chi connectivity index (χ3n) is 3.09. The first-order valence-electron chi connectivity index (χ1n) is 7.23. The monoisotopic (exact) mass is 316 g/mol. The quantitative estimate of drug-likeness (QED) is 0.771. The van der Waals surface area contributed by atoms with Crippen LogP contribution in [0.15, 0.2) is 53.7 Å². The summed E-state index contributed by atoms with van der Waals surface area (Å²) in [6, 6.07) is 11.5. The zero-order valence-electron chi connectivity index (χ0n) is 12.5. The number of thioether (sulfide) groups is 1. The van der Waals surface area contributed by atoms with Gasteiger partial charge < -0.3 is 10.4 Å². The molecule has 22 heavy (non-hydrogen) atoms. The number of benzene rings is 1. The number of aromatic nitrogens is 1. The van der Waals surface area contributed by atoms with Crippen LogP contribution in [0.25, 0.3) is 0 Å². The Labute approximate surface area is 135 Å². The highest BCUT2D eigenvalue weighted by Gasteiger charge is 2.06. The molecule has 116 valence electrons. The zero-order chi connectivity index (χ0) is 15.8. The highest BCUT2D eigenvalue weighted by Crippen LogP contribution is 2.22. The van der Waals surface area contributed by atoms with Gasteiger partial charge in [-0.25, -0.2) is 0 Å². The maximum absolute atomic E-state index is 11.9. The number of rotatable bonds is 7. The van der Waals surface area contributed by atoms with Crippen molar-refractivity contribution < 1.29 is 9.90 Å². The van der Waals surface area contributed by atoms with E-state index in [4.69, 9.17) is 5.11 Å². The summed E-state index contributed by atoms with van der Waals surface area (Å²) < 4.78 is 0. The predicted octanol–water partition coefficient (Wildman–Crippen LogP) is 2.87. The smallest absolute Gasteiger partial charge is 0.251 e. The van der Waals surface area contributed by atoms with Gasteiger partial charge in [-0.05, 0) is 49.2 Å². The Morgan fingerprint density at radius 3 is 2.73 bits per heavy atom. The number of pyridine rings is 1. The molecule has 0 saturated heterocycles. The van der Waals surface area contributed by atoms with Crippen LogP contribution < -0.4 is 5.32 Å². The maximum atomic E-state index is 11.9. The summed E-state index contributed by atoms with van der Waals surface area (Å²) in [5.41, 5.74) is 1.81. The lowest BCUT2D eigenvalue weighted by Gasteiger charge is -2.07. The number of nitrogens with one attached hydrogen (secondary N) is 1. The van der Waals surface area contributed by atoms with Crippen molar-refractivity contribution in [3.63, 3.8) is 0 Å². The van der Waals surface area contributed by atoms with E-state index in [1.165, 1.54) is 5.56 Å². The van der Waals surface area contributed by atoms with Crippen LogP contribution in [0.5, 0.6) is 0 Å². The van der Waals surface area contributed by atoms with E-state index in [9.17, 15) is 4.79 Å². The van der Waals surface area contributed by atoms with Gasteiger partial charge in [-0.2, -0.15) is 0 Å². The number of carbonyl (C=O) groups is 1. The van der Waals surface area contributed by atoms with Crippen molar-refractivity contribution in [2.75, 3.05) is 6.54 Å². The van der Waals surface area contributed by atoms with Crippen LogP contribution in [0.1, 0.15) is 29.3 Å². The number of carbonyl (C=O) groups excluding carboxylic acids is 1. The van der Waals surface area contributed by atoms with Crippen LogP contribution in [-0.2, 0) is 5.75 Å². The van der Waals surface area contributed by atoms with Crippen LogP contribution in [0, 0.1) is 0 Å².